The SMILES string of the molecule is Cc1sc(NC(=O)c2nn(-c3ccccc3C(F)(F)F)c(C)cc2=O)c(C(N)=O)c1C. The Bertz CT molecular complexity index is 1260. The van der Waals surface area contributed by atoms with Gasteiger partial charge < -0.3 is 11.1 Å². The number of nitrogens with zero attached hydrogens (tertiary/aromatic N) is 2. The Morgan fingerprint density at radius 1 is 1.16 bits per heavy atom. The number of alkyl halides is 3. The Hall–Kier alpha value is -3.47. The lowest BCUT2D eigenvalue weighted by Gasteiger charge is -2.16. The van der Waals surface area contributed by atoms with Crippen molar-refractivity contribution in [2.75, 3.05) is 5.32 Å². The van der Waals surface area contributed by atoms with E-state index >= 15 is 0 Å². The molecular weight excluding hydrogens is 433 g/mol. The molecule has 7 nitrogen and oxygen atoms in total. The van der Waals surface area contributed by atoms with Crippen LogP contribution in [0.15, 0.2) is 35.1 Å². The number of hydrogen-bond acceptors (Lipinski definition) is 5. The third-order valence-electron chi connectivity index (χ3n) is 4.62. The largest absolute Gasteiger partial charge is 0.418 e. The van der Waals surface area contributed by atoms with Crippen molar-refractivity contribution in [3.05, 3.63) is 73.5 Å². The van der Waals surface area contributed by atoms with Crippen molar-refractivity contribution >= 4 is 28.2 Å². The van der Waals surface area contributed by atoms with E-state index in [1.54, 1.807) is 13.8 Å². The molecule has 3 rings (SSSR count). The Kier molecular flexibility index (Phi) is 5.72. The van der Waals surface area contributed by atoms with Gasteiger partial charge in [-0.25, -0.2) is 4.68 Å². The van der Waals surface area contributed by atoms with Crippen LogP contribution in [-0.4, -0.2) is 21.6 Å². The maximum atomic E-state index is 13.4. The number of anilines is 1. The number of primary amides is 1. The van der Waals surface area contributed by atoms with Gasteiger partial charge in [0.05, 0.1) is 16.8 Å². The molecule has 3 aromatic rings. The summed E-state index contributed by atoms with van der Waals surface area (Å²) in [7, 11) is 0. The van der Waals surface area contributed by atoms with E-state index in [-0.39, 0.29) is 21.9 Å². The number of para-hydroxylation sites is 1. The smallest absolute Gasteiger partial charge is 0.365 e. The third-order valence-corrected chi connectivity index (χ3v) is 5.74. The fraction of sp³-hybridized carbons (Fsp3) is 0.200. The average molecular weight is 450 g/mol. The number of aryl methyl sites for hydroxylation is 2. The minimum Gasteiger partial charge on any atom is -0.365 e. The fourth-order valence-electron chi connectivity index (χ4n) is 3.02. The zero-order chi connectivity index (χ0) is 23.1. The van der Waals surface area contributed by atoms with E-state index in [9.17, 15) is 27.6 Å². The number of rotatable bonds is 4. The number of benzene rings is 1. The average Bonchev–Trinajstić information content (AvgIpc) is 2.94. The topological polar surface area (TPSA) is 107 Å². The van der Waals surface area contributed by atoms with Crippen LogP contribution in [-0.2, 0) is 6.18 Å². The molecule has 0 fully saturated rings. The summed E-state index contributed by atoms with van der Waals surface area (Å²) in [5, 5.41) is 6.47. The Labute approximate surface area is 178 Å². The first kappa shape index (κ1) is 22.2. The summed E-state index contributed by atoms with van der Waals surface area (Å²) in [6.07, 6.45) is -4.67. The molecule has 0 aliphatic rings. The van der Waals surface area contributed by atoms with Gasteiger partial charge in [-0.3, -0.25) is 14.4 Å². The summed E-state index contributed by atoms with van der Waals surface area (Å²) < 4.78 is 41.2. The molecule has 3 N–H and O–H groups in total. The van der Waals surface area contributed by atoms with Crippen LogP contribution in [0.1, 0.15) is 42.5 Å². The van der Waals surface area contributed by atoms with Gasteiger partial charge in [0, 0.05) is 16.6 Å². The van der Waals surface area contributed by atoms with E-state index in [1.165, 1.54) is 25.1 Å². The molecule has 2 amide bonds. The normalized spacial score (nSPS) is 11.4. The van der Waals surface area contributed by atoms with Crippen LogP contribution in [0, 0.1) is 20.8 Å². The van der Waals surface area contributed by atoms with Gasteiger partial charge in [-0.2, -0.15) is 18.3 Å². The second-order valence-electron chi connectivity index (χ2n) is 6.73. The molecule has 0 unspecified atom stereocenters. The Balaban J connectivity index is 2.10. The molecule has 0 saturated carbocycles. The maximum Gasteiger partial charge on any atom is 0.418 e. The molecule has 0 aliphatic heterocycles. The van der Waals surface area contributed by atoms with E-state index in [0.717, 1.165) is 33.0 Å². The van der Waals surface area contributed by atoms with Crippen molar-refractivity contribution in [3.8, 4) is 5.69 Å². The third kappa shape index (κ3) is 4.22. The zero-order valence-corrected chi connectivity index (χ0v) is 17.4. The summed E-state index contributed by atoms with van der Waals surface area (Å²) in [5.74, 6) is -1.72. The molecular formula is C20H17F3N4O3S. The second-order valence-corrected chi connectivity index (χ2v) is 7.96. The van der Waals surface area contributed by atoms with Crippen LogP contribution in [0.2, 0.25) is 0 Å². The van der Waals surface area contributed by atoms with Crippen LogP contribution >= 0.6 is 11.3 Å². The van der Waals surface area contributed by atoms with Gasteiger partial charge in [0.25, 0.3) is 11.8 Å². The van der Waals surface area contributed by atoms with Crippen LogP contribution in [0.3, 0.4) is 0 Å². The van der Waals surface area contributed by atoms with E-state index in [4.69, 9.17) is 5.73 Å². The maximum absolute atomic E-state index is 13.4. The minimum absolute atomic E-state index is 0.103. The van der Waals surface area contributed by atoms with Gasteiger partial charge in [0.15, 0.2) is 5.69 Å². The van der Waals surface area contributed by atoms with Crippen LogP contribution in [0.25, 0.3) is 5.69 Å². The molecule has 0 spiro atoms. The number of thiophene rings is 1. The molecule has 31 heavy (non-hydrogen) atoms. The summed E-state index contributed by atoms with van der Waals surface area (Å²) >= 11 is 1.09. The molecule has 162 valence electrons. The number of aromatic nitrogens is 2. The predicted octanol–water partition coefficient (Wildman–Crippen LogP) is 3.59. The molecule has 11 heteroatoms. The second kappa shape index (κ2) is 7.99. The fourth-order valence-corrected chi connectivity index (χ4v) is 4.08. The molecule has 0 atom stereocenters. The highest BCUT2D eigenvalue weighted by Crippen LogP contribution is 2.34. The molecule has 2 aromatic heterocycles. The number of nitrogens with one attached hydrogen (secondary N) is 1. The van der Waals surface area contributed by atoms with Gasteiger partial charge in [-0.1, -0.05) is 12.1 Å². The molecule has 0 aliphatic carbocycles. The van der Waals surface area contributed by atoms with Crippen LogP contribution in [0.4, 0.5) is 18.2 Å². The molecule has 2 heterocycles. The molecule has 1 aromatic carbocycles. The number of hydrogen-bond donors (Lipinski definition) is 2. The van der Waals surface area contributed by atoms with E-state index in [1.807, 2.05) is 0 Å². The summed E-state index contributed by atoms with van der Waals surface area (Å²) in [6.45, 7) is 4.79. The van der Waals surface area contributed by atoms with Crippen molar-refractivity contribution in [2.45, 2.75) is 26.9 Å². The van der Waals surface area contributed by atoms with Crippen molar-refractivity contribution in [1.29, 1.82) is 0 Å². The van der Waals surface area contributed by atoms with Gasteiger partial charge in [0.2, 0.25) is 5.43 Å². The van der Waals surface area contributed by atoms with Crippen LogP contribution in [0.5, 0.6) is 0 Å². The van der Waals surface area contributed by atoms with Crippen molar-refractivity contribution in [3.63, 3.8) is 0 Å². The van der Waals surface area contributed by atoms with Gasteiger partial charge in [-0.05, 0) is 38.5 Å². The van der Waals surface area contributed by atoms with Gasteiger partial charge in [0.1, 0.15) is 5.00 Å². The first-order valence-electron chi connectivity index (χ1n) is 8.90. The van der Waals surface area contributed by atoms with Crippen molar-refractivity contribution in [1.82, 2.24) is 9.78 Å². The zero-order valence-electron chi connectivity index (χ0n) is 16.6. The minimum atomic E-state index is -4.67. The molecule has 0 saturated heterocycles. The van der Waals surface area contributed by atoms with Gasteiger partial charge in [-0.15, -0.1) is 11.3 Å². The molecule has 0 radical (unpaired) electrons. The number of carbonyl (C=O) groups excluding carboxylic acids is 2. The first-order valence-corrected chi connectivity index (χ1v) is 9.72. The Morgan fingerprint density at radius 2 is 1.81 bits per heavy atom. The quantitative estimate of drug-likeness (QED) is 0.633. The first-order chi connectivity index (χ1) is 14.4. The van der Waals surface area contributed by atoms with Crippen molar-refractivity contribution in [2.24, 2.45) is 5.73 Å². The standard InChI is InChI=1S/C20H17F3N4O3S/c1-9-8-14(28)16(18(30)25-19-15(17(24)29)10(2)11(3)31-19)26-27(9)13-7-5-4-6-12(13)20(21,22)23/h4-8H,1-3H3,(H2,24,29)(H,25,30). The monoisotopic (exact) mass is 450 g/mol. The van der Waals surface area contributed by atoms with Crippen molar-refractivity contribution < 1.29 is 22.8 Å². The lowest BCUT2D eigenvalue weighted by Crippen LogP contribution is -2.28. The van der Waals surface area contributed by atoms with E-state index < -0.39 is 34.7 Å². The highest BCUT2D eigenvalue weighted by molar-refractivity contribution is 7.16. The number of halogens is 3. The number of carbonyl (C=O) groups is 2. The lowest BCUT2D eigenvalue weighted by atomic mass is 10.1. The van der Waals surface area contributed by atoms with E-state index in [0.29, 0.717) is 5.56 Å². The predicted molar refractivity (Wildman–Crippen MR) is 110 cm³/mol. The highest BCUT2D eigenvalue weighted by atomic mass is 32.1. The lowest BCUT2D eigenvalue weighted by molar-refractivity contribution is -0.137. The molecule has 0 bridgehead atoms. The van der Waals surface area contributed by atoms with Crippen LogP contribution < -0.4 is 16.5 Å². The Morgan fingerprint density at radius 3 is 2.42 bits per heavy atom. The highest BCUT2D eigenvalue weighted by Gasteiger charge is 2.34. The van der Waals surface area contributed by atoms with Gasteiger partial charge >= 0.3 is 6.18 Å². The van der Waals surface area contributed by atoms with E-state index in [2.05, 4.69) is 10.4 Å². The number of nitrogens with two attached hydrogens (primary N) is 1. The summed E-state index contributed by atoms with van der Waals surface area (Å²) in [4.78, 5) is 37.6. The summed E-state index contributed by atoms with van der Waals surface area (Å²) in [6, 6.07) is 5.70. The number of amides is 2. The summed E-state index contributed by atoms with van der Waals surface area (Å²) in [5.41, 5.74) is 3.47.